The Hall–Kier alpha value is -2.55. The summed E-state index contributed by atoms with van der Waals surface area (Å²) in [6, 6.07) is 12.0. The average Bonchev–Trinajstić information content (AvgIpc) is 2.40. The van der Waals surface area contributed by atoms with Crippen LogP contribution in [0.15, 0.2) is 57.9 Å². The van der Waals surface area contributed by atoms with E-state index in [9.17, 15) is 9.90 Å². The van der Waals surface area contributed by atoms with Gasteiger partial charge < -0.3 is 9.52 Å². The minimum Gasteiger partial charge on any atom is -0.508 e. The lowest BCUT2D eigenvalue weighted by Crippen LogP contribution is -2.04. The minimum atomic E-state index is -0.0630. The van der Waals surface area contributed by atoms with Crippen LogP contribution in [0.4, 0.5) is 0 Å². The molecule has 0 aliphatic heterocycles. The lowest BCUT2D eigenvalue weighted by molar-refractivity contribution is 0.475. The van der Waals surface area contributed by atoms with Gasteiger partial charge in [-0.2, -0.15) is 0 Å². The van der Waals surface area contributed by atoms with E-state index in [0.29, 0.717) is 16.5 Å². The zero-order chi connectivity index (χ0) is 13.4. The van der Waals surface area contributed by atoms with Crippen molar-refractivity contribution < 1.29 is 9.52 Å². The van der Waals surface area contributed by atoms with Gasteiger partial charge in [0.05, 0.1) is 10.9 Å². The fraction of sp³-hybridized carbons (Fsp3) is 0.0625. The van der Waals surface area contributed by atoms with Crippen molar-refractivity contribution in [1.29, 1.82) is 0 Å². The van der Waals surface area contributed by atoms with Gasteiger partial charge in [0.25, 0.3) is 0 Å². The molecule has 0 bridgehead atoms. The van der Waals surface area contributed by atoms with Gasteiger partial charge in [-0.25, -0.2) is 0 Å². The molecule has 2 aromatic carbocycles. The van der Waals surface area contributed by atoms with Gasteiger partial charge >= 0.3 is 0 Å². The molecule has 1 heterocycles. The molecule has 19 heavy (non-hydrogen) atoms. The van der Waals surface area contributed by atoms with E-state index in [-0.39, 0.29) is 11.2 Å². The molecule has 0 amide bonds. The number of hydrogen-bond acceptors (Lipinski definition) is 3. The second kappa shape index (κ2) is 4.28. The molecular formula is C16H12O3. The Morgan fingerprint density at radius 2 is 1.79 bits per heavy atom. The quantitative estimate of drug-likeness (QED) is 0.721. The molecule has 1 aromatic heterocycles. The molecule has 0 saturated heterocycles. The third kappa shape index (κ3) is 1.99. The summed E-state index contributed by atoms with van der Waals surface area (Å²) in [7, 11) is 0. The SMILES string of the molecule is Cc1ccc2c(=O)c(-c3ccc(O)cc3)coc2c1. The molecule has 0 unspecified atom stereocenters. The lowest BCUT2D eigenvalue weighted by atomic mass is 10.0. The zero-order valence-electron chi connectivity index (χ0n) is 10.4. The van der Waals surface area contributed by atoms with Gasteiger partial charge in [-0.3, -0.25) is 4.79 Å². The van der Waals surface area contributed by atoms with E-state index in [1.165, 1.54) is 6.26 Å². The number of phenolic OH excluding ortho intramolecular Hbond substituents is 1. The largest absolute Gasteiger partial charge is 0.508 e. The van der Waals surface area contributed by atoms with E-state index in [4.69, 9.17) is 4.42 Å². The van der Waals surface area contributed by atoms with E-state index in [2.05, 4.69) is 0 Å². The van der Waals surface area contributed by atoms with Crippen molar-refractivity contribution in [2.45, 2.75) is 6.92 Å². The maximum Gasteiger partial charge on any atom is 0.200 e. The van der Waals surface area contributed by atoms with Crippen LogP contribution in [0.1, 0.15) is 5.56 Å². The molecule has 0 radical (unpaired) electrons. The van der Waals surface area contributed by atoms with Gasteiger partial charge in [-0.1, -0.05) is 18.2 Å². The van der Waals surface area contributed by atoms with Gasteiger partial charge in [-0.15, -0.1) is 0 Å². The van der Waals surface area contributed by atoms with E-state index in [1.54, 1.807) is 30.3 Å². The smallest absolute Gasteiger partial charge is 0.200 e. The molecule has 0 fully saturated rings. The fourth-order valence-corrected chi connectivity index (χ4v) is 2.08. The molecule has 0 aliphatic rings. The van der Waals surface area contributed by atoms with Gasteiger partial charge in [0.15, 0.2) is 5.43 Å². The number of aryl methyl sites for hydroxylation is 1. The first-order chi connectivity index (χ1) is 9.15. The summed E-state index contributed by atoms with van der Waals surface area (Å²) in [5.41, 5.74) is 2.80. The van der Waals surface area contributed by atoms with Crippen LogP contribution in [0.3, 0.4) is 0 Å². The molecule has 0 saturated carbocycles. The molecule has 0 aliphatic carbocycles. The maximum atomic E-state index is 12.4. The van der Waals surface area contributed by atoms with Crippen LogP contribution in [0, 0.1) is 6.92 Å². The summed E-state index contributed by atoms with van der Waals surface area (Å²) in [6.07, 6.45) is 1.47. The standard InChI is InChI=1S/C16H12O3/c1-10-2-7-13-15(8-10)19-9-14(16(13)18)11-3-5-12(17)6-4-11/h2-9,17H,1H3. The summed E-state index contributed by atoms with van der Waals surface area (Å²) in [5.74, 6) is 0.171. The van der Waals surface area contributed by atoms with Crippen molar-refractivity contribution >= 4 is 11.0 Å². The Bertz CT molecular complexity index is 798. The average molecular weight is 252 g/mol. The Balaban J connectivity index is 2.26. The van der Waals surface area contributed by atoms with Crippen LogP contribution in [0.5, 0.6) is 5.75 Å². The predicted molar refractivity (Wildman–Crippen MR) is 74.3 cm³/mol. The third-order valence-corrected chi connectivity index (χ3v) is 3.11. The van der Waals surface area contributed by atoms with Crippen molar-refractivity contribution in [1.82, 2.24) is 0 Å². The number of hydrogen-bond donors (Lipinski definition) is 1. The van der Waals surface area contributed by atoms with Gasteiger partial charge in [0, 0.05) is 0 Å². The molecule has 3 aromatic rings. The van der Waals surface area contributed by atoms with Crippen molar-refractivity contribution in [2.75, 3.05) is 0 Å². The molecule has 3 heteroatoms. The summed E-state index contributed by atoms with van der Waals surface area (Å²) >= 11 is 0. The Kier molecular flexibility index (Phi) is 2.60. The maximum absolute atomic E-state index is 12.4. The number of phenols is 1. The van der Waals surface area contributed by atoms with Crippen LogP contribution < -0.4 is 5.43 Å². The van der Waals surface area contributed by atoms with E-state index < -0.39 is 0 Å². The highest BCUT2D eigenvalue weighted by Crippen LogP contribution is 2.22. The van der Waals surface area contributed by atoms with Gasteiger partial charge in [0.1, 0.15) is 17.6 Å². The molecule has 3 nitrogen and oxygen atoms in total. The monoisotopic (exact) mass is 252 g/mol. The van der Waals surface area contributed by atoms with Crippen LogP contribution >= 0.6 is 0 Å². The summed E-state index contributed by atoms with van der Waals surface area (Å²) in [4.78, 5) is 12.4. The number of rotatable bonds is 1. The Morgan fingerprint density at radius 3 is 2.53 bits per heavy atom. The fourth-order valence-electron chi connectivity index (χ4n) is 2.08. The van der Waals surface area contributed by atoms with Gasteiger partial charge in [-0.05, 0) is 42.3 Å². The number of benzene rings is 2. The predicted octanol–water partition coefficient (Wildman–Crippen LogP) is 3.47. The summed E-state index contributed by atoms with van der Waals surface area (Å²) in [6.45, 7) is 1.95. The second-order valence-corrected chi connectivity index (χ2v) is 4.52. The third-order valence-electron chi connectivity index (χ3n) is 3.11. The molecule has 1 N–H and O–H groups in total. The zero-order valence-corrected chi connectivity index (χ0v) is 10.4. The van der Waals surface area contributed by atoms with E-state index in [1.807, 2.05) is 19.1 Å². The van der Waals surface area contributed by atoms with Crippen LogP contribution in [-0.2, 0) is 0 Å². The first-order valence-corrected chi connectivity index (χ1v) is 5.97. The number of aromatic hydroxyl groups is 1. The molecule has 0 atom stereocenters. The van der Waals surface area contributed by atoms with Crippen LogP contribution in [0.2, 0.25) is 0 Å². The molecular weight excluding hydrogens is 240 g/mol. The van der Waals surface area contributed by atoms with Crippen molar-refractivity contribution in [3.8, 4) is 16.9 Å². The second-order valence-electron chi connectivity index (χ2n) is 4.52. The Labute approximate surface area is 109 Å². The first-order valence-electron chi connectivity index (χ1n) is 5.97. The highest BCUT2D eigenvalue weighted by Gasteiger charge is 2.09. The molecule has 0 spiro atoms. The molecule has 94 valence electrons. The summed E-state index contributed by atoms with van der Waals surface area (Å²) in [5, 5.41) is 9.84. The highest BCUT2D eigenvalue weighted by atomic mass is 16.3. The first kappa shape index (κ1) is 11.5. The van der Waals surface area contributed by atoms with Crippen LogP contribution in [0.25, 0.3) is 22.1 Å². The van der Waals surface area contributed by atoms with Crippen molar-refractivity contribution in [3.63, 3.8) is 0 Å². The Morgan fingerprint density at radius 1 is 1.05 bits per heavy atom. The van der Waals surface area contributed by atoms with E-state index >= 15 is 0 Å². The van der Waals surface area contributed by atoms with Crippen LogP contribution in [-0.4, -0.2) is 5.11 Å². The number of fused-ring (bicyclic) bond motifs is 1. The minimum absolute atomic E-state index is 0.0630. The van der Waals surface area contributed by atoms with Crippen molar-refractivity contribution in [2.24, 2.45) is 0 Å². The highest BCUT2D eigenvalue weighted by molar-refractivity contribution is 5.82. The topological polar surface area (TPSA) is 50.4 Å². The summed E-state index contributed by atoms with van der Waals surface area (Å²) < 4.78 is 5.53. The van der Waals surface area contributed by atoms with Crippen molar-refractivity contribution in [3.05, 3.63) is 64.5 Å². The normalized spacial score (nSPS) is 10.8. The molecule has 3 rings (SSSR count). The lowest BCUT2D eigenvalue weighted by Gasteiger charge is -2.03. The van der Waals surface area contributed by atoms with E-state index in [0.717, 1.165) is 11.1 Å². The van der Waals surface area contributed by atoms with Gasteiger partial charge in [0.2, 0.25) is 0 Å².